The third-order valence-electron chi connectivity index (χ3n) is 3.58. The van der Waals surface area contributed by atoms with E-state index >= 15 is 0 Å². The minimum Gasteiger partial charge on any atom is -0.497 e. The van der Waals surface area contributed by atoms with Crippen LogP contribution in [-0.4, -0.2) is 18.2 Å². The molecule has 0 fully saturated rings. The van der Waals surface area contributed by atoms with Gasteiger partial charge in [0.25, 0.3) is 0 Å². The largest absolute Gasteiger partial charge is 0.497 e. The maximum Gasteiger partial charge on any atom is 0.118 e. The van der Waals surface area contributed by atoms with Crippen LogP contribution in [0.5, 0.6) is 5.75 Å². The molecule has 3 nitrogen and oxygen atoms in total. The van der Waals surface area contributed by atoms with Gasteiger partial charge in [0.1, 0.15) is 5.75 Å². The molecule has 0 saturated heterocycles. The summed E-state index contributed by atoms with van der Waals surface area (Å²) in [6.45, 7) is 7.47. The maximum absolute atomic E-state index is 5.19. The van der Waals surface area contributed by atoms with Crippen molar-refractivity contribution in [3.05, 3.63) is 53.9 Å². The first kappa shape index (κ1) is 15.6. The monoisotopic (exact) mass is 286 g/mol. The summed E-state index contributed by atoms with van der Waals surface area (Å²) in [5.41, 5.74) is 2.69. The smallest absolute Gasteiger partial charge is 0.118 e. The van der Waals surface area contributed by atoms with Gasteiger partial charge >= 0.3 is 0 Å². The number of benzene rings is 1. The highest BCUT2D eigenvalue weighted by Crippen LogP contribution is 2.13. The number of rotatable bonds is 8. The van der Waals surface area contributed by atoms with Gasteiger partial charge in [-0.25, -0.2) is 0 Å². The Kier molecular flexibility index (Phi) is 5.88. The molecule has 3 heteroatoms. The fourth-order valence-corrected chi connectivity index (χ4v) is 2.36. The fraction of sp³-hybridized carbons (Fsp3) is 0.444. The number of aryl methyl sites for hydroxylation is 2. The van der Waals surface area contributed by atoms with Gasteiger partial charge in [0.15, 0.2) is 0 Å². The molecule has 0 spiro atoms. The summed E-state index contributed by atoms with van der Waals surface area (Å²) in [5.74, 6) is 1.60. The van der Waals surface area contributed by atoms with Crippen molar-refractivity contribution in [1.29, 1.82) is 0 Å². The Morgan fingerprint density at radius 2 is 1.90 bits per heavy atom. The zero-order valence-electron chi connectivity index (χ0n) is 13.3. The third-order valence-corrected chi connectivity index (χ3v) is 3.58. The normalized spacial score (nSPS) is 11.0. The molecule has 114 valence electrons. The molecule has 0 atom stereocenters. The van der Waals surface area contributed by atoms with Crippen LogP contribution >= 0.6 is 0 Å². The first-order chi connectivity index (χ1) is 10.2. The molecule has 0 unspecified atom stereocenters. The first-order valence-corrected chi connectivity index (χ1v) is 7.66. The van der Waals surface area contributed by atoms with Gasteiger partial charge in [0, 0.05) is 25.0 Å². The van der Waals surface area contributed by atoms with Crippen LogP contribution in [0.1, 0.15) is 25.1 Å². The highest BCUT2D eigenvalue weighted by molar-refractivity contribution is 5.27. The Morgan fingerprint density at radius 3 is 2.57 bits per heavy atom. The second-order valence-corrected chi connectivity index (χ2v) is 5.82. The van der Waals surface area contributed by atoms with Crippen molar-refractivity contribution >= 4 is 0 Å². The predicted molar refractivity (Wildman–Crippen MR) is 87.7 cm³/mol. The molecule has 0 amide bonds. The first-order valence-electron chi connectivity index (χ1n) is 7.66. The van der Waals surface area contributed by atoms with Crippen LogP contribution in [0.25, 0.3) is 0 Å². The summed E-state index contributed by atoms with van der Waals surface area (Å²) in [4.78, 5) is 0. The molecular weight excluding hydrogens is 260 g/mol. The van der Waals surface area contributed by atoms with E-state index in [0.717, 1.165) is 31.8 Å². The lowest BCUT2D eigenvalue weighted by Gasteiger charge is -2.12. The summed E-state index contributed by atoms with van der Waals surface area (Å²) in [5, 5.41) is 3.50. The van der Waals surface area contributed by atoms with Gasteiger partial charge < -0.3 is 14.6 Å². The lowest BCUT2D eigenvalue weighted by molar-refractivity contribution is 0.414. The summed E-state index contributed by atoms with van der Waals surface area (Å²) >= 11 is 0. The summed E-state index contributed by atoms with van der Waals surface area (Å²) in [6.07, 6.45) is 3.20. The average molecular weight is 286 g/mol. The van der Waals surface area contributed by atoms with Crippen molar-refractivity contribution in [1.82, 2.24) is 9.88 Å². The molecule has 0 saturated carbocycles. The molecule has 2 aromatic rings. The third kappa shape index (κ3) is 4.94. The molecule has 0 bridgehead atoms. The van der Waals surface area contributed by atoms with Gasteiger partial charge in [0.2, 0.25) is 0 Å². The Bertz CT molecular complexity index is 528. The summed E-state index contributed by atoms with van der Waals surface area (Å²) < 4.78 is 7.52. The van der Waals surface area contributed by atoms with E-state index in [9.17, 15) is 0 Å². The van der Waals surface area contributed by atoms with Crippen molar-refractivity contribution in [2.24, 2.45) is 5.92 Å². The Labute approximate surface area is 127 Å². The highest BCUT2D eigenvalue weighted by atomic mass is 16.5. The van der Waals surface area contributed by atoms with Crippen molar-refractivity contribution < 1.29 is 4.74 Å². The number of methoxy groups -OCH3 is 1. The second kappa shape index (κ2) is 7.89. The van der Waals surface area contributed by atoms with Crippen LogP contribution in [0.4, 0.5) is 0 Å². The summed E-state index contributed by atoms with van der Waals surface area (Å²) in [6, 6.07) is 12.6. The molecule has 21 heavy (non-hydrogen) atoms. The van der Waals surface area contributed by atoms with E-state index in [1.165, 1.54) is 11.3 Å². The van der Waals surface area contributed by atoms with Crippen LogP contribution < -0.4 is 10.1 Å². The zero-order chi connectivity index (χ0) is 15.1. The summed E-state index contributed by atoms with van der Waals surface area (Å²) in [7, 11) is 1.70. The fourth-order valence-electron chi connectivity index (χ4n) is 2.36. The van der Waals surface area contributed by atoms with Crippen LogP contribution in [0, 0.1) is 5.92 Å². The van der Waals surface area contributed by atoms with Crippen LogP contribution in [-0.2, 0) is 19.5 Å². The van der Waals surface area contributed by atoms with Gasteiger partial charge in [0.05, 0.1) is 7.11 Å². The van der Waals surface area contributed by atoms with Gasteiger partial charge in [-0.15, -0.1) is 0 Å². The molecular formula is C18H26N2O. The maximum atomic E-state index is 5.19. The van der Waals surface area contributed by atoms with E-state index in [-0.39, 0.29) is 0 Å². The van der Waals surface area contributed by atoms with E-state index in [0.29, 0.717) is 5.92 Å². The molecule has 1 aromatic heterocycles. The minimum atomic E-state index is 0.688. The quantitative estimate of drug-likeness (QED) is 0.804. The van der Waals surface area contributed by atoms with Crippen molar-refractivity contribution in [3.8, 4) is 5.75 Å². The molecule has 1 aromatic carbocycles. The van der Waals surface area contributed by atoms with Crippen molar-refractivity contribution in [2.75, 3.05) is 13.7 Å². The van der Waals surface area contributed by atoms with E-state index < -0.39 is 0 Å². The standard InChI is InChI=1S/C18H26N2O/c1-15(2)13-19-14-17-5-4-11-20(17)12-10-16-6-8-18(21-3)9-7-16/h4-9,11,15,19H,10,12-14H2,1-3H3. The molecule has 1 N–H and O–H groups in total. The average Bonchev–Trinajstić information content (AvgIpc) is 2.93. The number of nitrogens with zero attached hydrogens (tertiary/aromatic N) is 1. The molecule has 0 radical (unpaired) electrons. The van der Waals surface area contributed by atoms with Crippen LogP contribution in [0.2, 0.25) is 0 Å². The number of nitrogens with one attached hydrogen (secondary N) is 1. The molecule has 2 rings (SSSR count). The van der Waals surface area contributed by atoms with Gasteiger partial charge in [-0.1, -0.05) is 26.0 Å². The number of hydrogen-bond acceptors (Lipinski definition) is 2. The minimum absolute atomic E-state index is 0.688. The Morgan fingerprint density at radius 1 is 1.14 bits per heavy atom. The van der Waals surface area contributed by atoms with Gasteiger partial charge in [-0.3, -0.25) is 0 Å². The van der Waals surface area contributed by atoms with E-state index in [1.54, 1.807) is 7.11 Å². The lowest BCUT2D eigenvalue weighted by atomic mass is 10.1. The molecule has 0 aliphatic rings. The molecule has 0 aliphatic carbocycles. The zero-order valence-corrected chi connectivity index (χ0v) is 13.3. The van der Waals surface area contributed by atoms with Crippen molar-refractivity contribution in [3.63, 3.8) is 0 Å². The van der Waals surface area contributed by atoms with Crippen molar-refractivity contribution in [2.45, 2.75) is 33.4 Å². The lowest BCUT2D eigenvalue weighted by Crippen LogP contribution is -2.21. The van der Waals surface area contributed by atoms with Gasteiger partial charge in [-0.2, -0.15) is 0 Å². The van der Waals surface area contributed by atoms with Gasteiger partial charge in [-0.05, 0) is 48.7 Å². The van der Waals surface area contributed by atoms with E-state index in [1.807, 2.05) is 12.1 Å². The number of aromatic nitrogens is 1. The predicted octanol–water partition coefficient (Wildman–Crippen LogP) is 3.49. The number of hydrogen-bond donors (Lipinski definition) is 1. The van der Waals surface area contributed by atoms with E-state index in [2.05, 4.69) is 54.2 Å². The van der Waals surface area contributed by atoms with E-state index in [4.69, 9.17) is 4.74 Å². The highest BCUT2D eigenvalue weighted by Gasteiger charge is 2.02. The topological polar surface area (TPSA) is 26.2 Å². The SMILES string of the molecule is COc1ccc(CCn2cccc2CNCC(C)C)cc1. The van der Waals surface area contributed by atoms with Crippen LogP contribution in [0.15, 0.2) is 42.6 Å². The number of ether oxygens (including phenoxy) is 1. The molecule has 1 heterocycles. The second-order valence-electron chi connectivity index (χ2n) is 5.82. The Balaban J connectivity index is 1.86. The van der Waals surface area contributed by atoms with Crippen LogP contribution in [0.3, 0.4) is 0 Å². The Hall–Kier alpha value is -1.74. The molecule has 0 aliphatic heterocycles.